The number of anilines is 1. The Morgan fingerprint density at radius 2 is 2.20 bits per heavy atom. The lowest BCUT2D eigenvalue weighted by Gasteiger charge is -2.15. The van der Waals surface area contributed by atoms with Crippen molar-refractivity contribution < 1.29 is 9.66 Å². The quantitative estimate of drug-likeness (QED) is 0.467. The second kappa shape index (κ2) is 7.61. The summed E-state index contributed by atoms with van der Waals surface area (Å²) in [5, 5.41) is 17.1. The number of hydrogen-bond acceptors (Lipinski definition) is 5. The highest BCUT2D eigenvalue weighted by Gasteiger charge is 2.12. The third-order valence-corrected chi connectivity index (χ3v) is 2.73. The van der Waals surface area contributed by atoms with Gasteiger partial charge < -0.3 is 20.3 Å². The highest BCUT2D eigenvalue weighted by Crippen LogP contribution is 2.28. The van der Waals surface area contributed by atoms with Gasteiger partial charge in [-0.3, -0.25) is 10.1 Å². The number of ether oxygens (including phenoxy) is 1. The number of hydrogen-bond donors (Lipinski definition) is 2. The van der Waals surface area contributed by atoms with Crippen LogP contribution in [0.25, 0.3) is 0 Å². The number of methoxy groups -OCH3 is 1. The molecule has 1 rings (SSSR count). The summed E-state index contributed by atoms with van der Waals surface area (Å²) in [7, 11) is 5.42. The minimum Gasteiger partial charge on any atom is -0.495 e. The molecule has 0 atom stereocenters. The van der Waals surface area contributed by atoms with Crippen LogP contribution in [-0.4, -0.2) is 49.2 Å². The molecule has 0 radical (unpaired) electrons. The highest BCUT2D eigenvalue weighted by molar-refractivity contribution is 7.80. The molecule has 0 amide bonds. The van der Waals surface area contributed by atoms with E-state index >= 15 is 0 Å². The van der Waals surface area contributed by atoms with Crippen LogP contribution in [0.3, 0.4) is 0 Å². The van der Waals surface area contributed by atoms with E-state index in [1.807, 2.05) is 19.0 Å². The number of likely N-dealkylation sites (N-methyl/N-ethyl adjacent to an activating group) is 1. The van der Waals surface area contributed by atoms with Crippen LogP contribution in [0.1, 0.15) is 0 Å². The fourth-order valence-electron chi connectivity index (χ4n) is 1.47. The van der Waals surface area contributed by atoms with Crippen molar-refractivity contribution in [3.63, 3.8) is 0 Å². The van der Waals surface area contributed by atoms with Gasteiger partial charge in [0, 0.05) is 25.2 Å². The van der Waals surface area contributed by atoms with Crippen LogP contribution < -0.4 is 15.4 Å². The van der Waals surface area contributed by atoms with Gasteiger partial charge in [-0.15, -0.1) is 0 Å². The summed E-state index contributed by atoms with van der Waals surface area (Å²) in [5.41, 5.74) is 0.438. The molecule has 0 aliphatic heterocycles. The molecule has 0 heterocycles. The van der Waals surface area contributed by atoms with Gasteiger partial charge in [0.2, 0.25) is 0 Å². The van der Waals surface area contributed by atoms with Crippen LogP contribution in [0.4, 0.5) is 11.4 Å². The molecule has 2 N–H and O–H groups in total. The number of nitro groups is 1. The van der Waals surface area contributed by atoms with Crippen LogP contribution in [-0.2, 0) is 0 Å². The van der Waals surface area contributed by atoms with E-state index in [0.717, 1.165) is 6.54 Å². The first-order valence-corrected chi connectivity index (χ1v) is 6.37. The van der Waals surface area contributed by atoms with Crippen LogP contribution in [0.2, 0.25) is 0 Å². The van der Waals surface area contributed by atoms with Crippen molar-refractivity contribution in [2.45, 2.75) is 0 Å². The third-order valence-electron chi connectivity index (χ3n) is 2.49. The Balaban J connectivity index is 2.71. The maximum absolute atomic E-state index is 10.8. The number of nitrogens with zero attached hydrogens (tertiary/aromatic N) is 2. The Morgan fingerprint density at radius 1 is 1.50 bits per heavy atom. The van der Waals surface area contributed by atoms with Crippen molar-refractivity contribution in [1.82, 2.24) is 10.2 Å². The average Bonchev–Trinajstić information content (AvgIpc) is 2.38. The van der Waals surface area contributed by atoms with Crippen LogP contribution >= 0.6 is 12.2 Å². The fraction of sp³-hybridized carbons (Fsp3) is 0.417. The lowest BCUT2D eigenvalue weighted by atomic mass is 10.2. The largest absolute Gasteiger partial charge is 0.495 e. The van der Waals surface area contributed by atoms with Gasteiger partial charge in [0.05, 0.1) is 17.7 Å². The Morgan fingerprint density at radius 3 is 2.75 bits per heavy atom. The van der Waals surface area contributed by atoms with E-state index in [1.165, 1.54) is 25.3 Å². The summed E-state index contributed by atoms with van der Waals surface area (Å²) < 4.78 is 5.14. The zero-order chi connectivity index (χ0) is 15.1. The Hall–Kier alpha value is -1.93. The maximum Gasteiger partial charge on any atom is 0.271 e. The first-order chi connectivity index (χ1) is 9.43. The number of benzene rings is 1. The molecule has 0 aromatic heterocycles. The summed E-state index contributed by atoms with van der Waals surface area (Å²) in [4.78, 5) is 12.3. The molecule has 0 saturated heterocycles. The number of thiocarbonyl (C=S) groups is 1. The van der Waals surface area contributed by atoms with E-state index in [2.05, 4.69) is 10.6 Å². The van der Waals surface area contributed by atoms with Gasteiger partial charge in [0.15, 0.2) is 5.11 Å². The Kier molecular flexibility index (Phi) is 6.13. The predicted molar refractivity (Wildman–Crippen MR) is 82.4 cm³/mol. The number of nitro benzene ring substituents is 1. The van der Waals surface area contributed by atoms with Gasteiger partial charge in [-0.2, -0.15) is 0 Å². The fourth-order valence-corrected chi connectivity index (χ4v) is 1.68. The molecule has 7 nitrogen and oxygen atoms in total. The Labute approximate surface area is 123 Å². The molecule has 0 saturated carbocycles. The molecule has 0 spiro atoms. The van der Waals surface area contributed by atoms with Crippen molar-refractivity contribution in [3.05, 3.63) is 28.3 Å². The Bertz CT molecular complexity index is 494. The molecule has 0 bridgehead atoms. The maximum atomic E-state index is 10.8. The SMILES string of the molecule is COc1ccc([N+](=O)[O-])cc1NC(=S)NCCN(C)C. The van der Waals surface area contributed by atoms with Crippen molar-refractivity contribution in [3.8, 4) is 5.75 Å². The molecule has 0 fully saturated rings. The van der Waals surface area contributed by atoms with Gasteiger partial charge in [0.25, 0.3) is 5.69 Å². The van der Waals surface area contributed by atoms with Crippen LogP contribution in [0.5, 0.6) is 5.75 Å². The predicted octanol–water partition coefficient (Wildman–Crippen LogP) is 1.45. The average molecular weight is 298 g/mol. The van der Waals surface area contributed by atoms with Gasteiger partial charge >= 0.3 is 0 Å². The minimum atomic E-state index is -0.465. The van der Waals surface area contributed by atoms with E-state index < -0.39 is 4.92 Å². The van der Waals surface area contributed by atoms with Crippen LogP contribution in [0, 0.1) is 10.1 Å². The topological polar surface area (TPSA) is 79.7 Å². The lowest BCUT2D eigenvalue weighted by Crippen LogP contribution is -2.34. The zero-order valence-corrected chi connectivity index (χ0v) is 12.5. The summed E-state index contributed by atoms with van der Waals surface area (Å²) in [6.07, 6.45) is 0. The molecular formula is C12H18N4O3S. The highest BCUT2D eigenvalue weighted by atomic mass is 32.1. The van der Waals surface area contributed by atoms with E-state index in [0.29, 0.717) is 23.1 Å². The molecule has 110 valence electrons. The third kappa shape index (κ3) is 4.98. The smallest absolute Gasteiger partial charge is 0.271 e. The molecule has 20 heavy (non-hydrogen) atoms. The summed E-state index contributed by atoms with van der Waals surface area (Å²) in [6, 6.07) is 4.30. The first kappa shape index (κ1) is 16.1. The molecule has 8 heteroatoms. The number of non-ortho nitro benzene ring substituents is 1. The monoisotopic (exact) mass is 298 g/mol. The van der Waals surface area contributed by atoms with Crippen molar-refractivity contribution in [1.29, 1.82) is 0 Å². The van der Waals surface area contributed by atoms with E-state index in [9.17, 15) is 10.1 Å². The van der Waals surface area contributed by atoms with Gasteiger partial charge in [-0.25, -0.2) is 0 Å². The minimum absolute atomic E-state index is 0.0237. The molecule has 1 aromatic carbocycles. The normalized spacial score (nSPS) is 10.2. The van der Waals surface area contributed by atoms with E-state index in [1.54, 1.807) is 0 Å². The molecule has 1 aromatic rings. The summed E-state index contributed by atoms with van der Waals surface area (Å²) in [5.74, 6) is 0.493. The van der Waals surface area contributed by atoms with Crippen molar-refractivity contribution in [2.24, 2.45) is 0 Å². The second-order valence-corrected chi connectivity index (χ2v) is 4.73. The van der Waals surface area contributed by atoms with Gasteiger partial charge in [-0.05, 0) is 32.4 Å². The van der Waals surface area contributed by atoms with Crippen molar-refractivity contribution >= 4 is 28.7 Å². The summed E-state index contributed by atoms with van der Waals surface area (Å²) >= 11 is 5.14. The first-order valence-electron chi connectivity index (χ1n) is 5.96. The molecule has 0 aliphatic rings. The number of rotatable bonds is 6. The molecule has 0 unspecified atom stereocenters. The lowest BCUT2D eigenvalue weighted by molar-refractivity contribution is -0.384. The molecule has 0 aliphatic carbocycles. The van der Waals surface area contributed by atoms with Crippen LogP contribution in [0.15, 0.2) is 18.2 Å². The second-order valence-electron chi connectivity index (χ2n) is 4.33. The van der Waals surface area contributed by atoms with Crippen molar-refractivity contribution in [2.75, 3.05) is 39.6 Å². The van der Waals surface area contributed by atoms with Gasteiger partial charge in [-0.1, -0.05) is 0 Å². The molecular weight excluding hydrogens is 280 g/mol. The summed E-state index contributed by atoms with van der Waals surface area (Å²) in [6.45, 7) is 1.50. The van der Waals surface area contributed by atoms with Gasteiger partial charge in [0.1, 0.15) is 5.75 Å². The van der Waals surface area contributed by atoms with E-state index in [4.69, 9.17) is 17.0 Å². The standard InChI is InChI=1S/C12H18N4O3S/c1-15(2)7-6-13-12(20)14-10-8-9(16(17)18)4-5-11(10)19-3/h4-5,8H,6-7H2,1-3H3,(H2,13,14,20). The van der Waals surface area contributed by atoms with E-state index in [-0.39, 0.29) is 5.69 Å². The number of nitrogens with one attached hydrogen (secondary N) is 2. The zero-order valence-electron chi connectivity index (χ0n) is 11.7.